The molecule has 0 spiro atoms. The van der Waals surface area contributed by atoms with Crippen LogP contribution in [0.1, 0.15) is 43.0 Å². The zero-order valence-electron chi connectivity index (χ0n) is 11.4. The van der Waals surface area contributed by atoms with E-state index in [1.165, 1.54) is 6.42 Å². The van der Waals surface area contributed by atoms with Crippen molar-refractivity contribution in [3.05, 3.63) is 33.3 Å². The first-order valence-electron chi connectivity index (χ1n) is 6.79. The lowest BCUT2D eigenvalue weighted by Crippen LogP contribution is -2.52. The molecule has 1 aromatic carbocycles. The van der Waals surface area contributed by atoms with Gasteiger partial charge in [-0.05, 0) is 52.9 Å². The topological polar surface area (TPSA) is 29.1 Å². The van der Waals surface area contributed by atoms with Gasteiger partial charge in [0.2, 0.25) is 0 Å². The van der Waals surface area contributed by atoms with Crippen molar-refractivity contribution in [2.75, 3.05) is 5.33 Å². The van der Waals surface area contributed by atoms with Gasteiger partial charge in [-0.15, -0.1) is 0 Å². The molecule has 1 saturated carbocycles. The number of carbonyl (C=O) groups excluding carboxylic acids is 1. The second-order valence-corrected chi connectivity index (χ2v) is 7.52. The molecule has 110 valence electrons. The van der Waals surface area contributed by atoms with Crippen LogP contribution >= 0.6 is 43.5 Å². The number of nitrogens with one attached hydrogen (secondary N) is 1. The summed E-state index contributed by atoms with van der Waals surface area (Å²) in [7, 11) is 0. The fourth-order valence-electron chi connectivity index (χ4n) is 2.88. The molecule has 0 aliphatic heterocycles. The average molecular weight is 424 g/mol. The van der Waals surface area contributed by atoms with Gasteiger partial charge in [-0.3, -0.25) is 4.79 Å². The van der Waals surface area contributed by atoms with E-state index >= 15 is 0 Å². The van der Waals surface area contributed by atoms with Crippen molar-refractivity contribution in [3.63, 3.8) is 0 Å². The predicted octanol–water partition coefficient (Wildman–Crippen LogP) is 5.18. The SMILES string of the molecule is CC1CCCC(CBr)(NC(=O)c2ccc(Cl)c(Br)c2)C1. The number of rotatable bonds is 3. The van der Waals surface area contributed by atoms with Crippen LogP contribution in [0.3, 0.4) is 0 Å². The van der Waals surface area contributed by atoms with Crippen LogP contribution in [0.5, 0.6) is 0 Å². The van der Waals surface area contributed by atoms with Crippen molar-refractivity contribution in [3.8, 4) is 0 Å². The standard InChI is InChI=1S/C15H18Br2ClNO/c1-10-3-2-6-15(8-10,9-16)19-14(20)11-4-5-13(18)12(17)7-11/h4-5,7,10H,2-3,6,8-9H2,1H3,(H,19,20). The molecule has 1 fully saturated rings. The molecule has 2 rings (SSSR count). The average Bonchev–Trinajstić information content (AvgIpc) is 2.41. The Morgan fingerprint density at radius 2 is 2.30 bits per heavy atom. The summed E-state index contributed by atoms with van der Waals surface area (Å²) >= 11 is 12.9. The Labute approximate surface area is 141 Å². The highest BCUT2D eigenvalue weighted by atomic mass is 79.9. The largest absolute Gasteiger partial charge is 0.346 e. The second kappa shape index (κ2) is 6.80. The van der Waals surface area contributed by atoms with Gasteiger partial charge in [0.15, 0.2) is 0 Å². The van der Waals surface area contributed by atoms with E-state index in [0.717, 1.165) is 29.1 Å². The summed E-state index contributed by atoms with van der Waals surface area (Å²) in [4.78, 5) is 12.5. The Bertz CT molecular complexity index is 509. The van der Waals surface area contributed by atoms with Gasteiger partial charge in [0.05, 0.1) is 10.6 Å². The summed E-state index contributed by atoms with van der Waals surface area (Å²) in [6, 6.07) is 5.27. The molecule has 2 unspecified atom stereocenters. The van der Waals surface area contributed by atoms with Crippen molar-refractivity contribution < 1.29 is 4.79 Å². The monoisotopic (exact) mass is 421 g/mol. The van der Waals surface area contributed by atoms with Crippen LogP contribution in [-0.4, -0.2) is 16.8 Å². The summed E-state index contributed by atoms with van der Waals surface area (Å²) in [6.07, 6.45) is 4.47. The van der Waals surface area contributed by atoms with Gasteiger partial charge in [0.25, 0.3) is 5.91 Å². The maximum absolute atomic E-state index is 12.5. The third-order valence-electron chi connectivity index (χ3n) is 3.91. The highest BCUT2D eigenvalue weighted by Gasteiger charge is 2.35. The first-order chi connectivity index (χ1) is 9.46. The maximum atomic E-state index is 12.5. The third kappa shape index (κ3) is 3.77. The Kier molecular flexibility index (Phi) is 5.55. The Balaban J connectivity index is 2.14. The molecule has 1 aromatic rings. The number of hydrogen-bond acceptors (Lipinski definition) is 1. The highest BCUT2D eigenvalue weighted by Crippen LogP contribution is 2.34. The third-order valence-corrected chi connectivity index (χ3v) is 6.20. The molecule has 1 N–H and O–H groups in total. The Morgan fingerprint density at radius 1 is 1.55 bits per heavy atom. The number of amides is 1. The molecule has 0 heterocycles. The Hall–Kier alpha value is -0.0600. The van der Waals surface area contributed by atoms with Gasteiger partial charge in [-0.1, -0.05) is 47.3 Å². The molecular weight excluding hydrogens is 405 g/mol. The van der Waals surface area contributed by atoms with Crippen LogP contribution in [0.15, 0.2) is 22.7 Å². The van der Waals surface area contributed by atoms with E-state index in [9.17, 15) is 4.79 Å². The van der Waals surface area contributed by atoms with Gasteiger partial charge >= 0.3 is 0 Å². The van der Waals surface area contributed by atoms with Crippen molar-refractivity contribution in [1.82, 2.24) is 5.32 Å². The van der Waals surface area contributed by atoms with Gasteiger partial charge < -0.3 is 5.32 Å². The van der Waals surface area contributed by atoms with E-state index in [1.54, 1.807) is 18.2 Å². The van der Waals surface area contributed by atoms with Crippen LogP contribution in [0, 0.1) is 5.92 Å². The second-order valence-electron chi connectivity index (χ2n) is 5.70. The number of hydrogen-bond donors (Lipinski definition) is 1. The summed E-state index contributed by atoms with van der Waals surface area (Å²) < 4.78 is 0.747. The number of carbonyl (C=O) groups is 1. The van der Waals surface area contributed by atoms with E-state index < -0.39 is 0 Å². The minimum absolute atomic E-state index is 0.0316. The normalized spacial score (nSPS) is 26.3. The van der Waals surface area contributed by atoms with E-state index in [1.807, 2.05) is 0 Å². The highest BCUT2D eigenvalue weighted by molar-refractivity contribution is 9.10. The van der Waals surface area contributed by atoms with Crippen LogP contribution in [-0.2, 0) is 0 Å². The summed E-state index contributed by atoms with van der Waals surface area (Å²) in [5, 5.41) is 4.64. The fraction of sp³-hybridized carbons (Fsp3) is 0.533. The lowest BCUT2D eigenvalue weighted by atomic mass is 9.77. The summed E-state index contributed by atoms with van der Waals surface area (Å²) in [5.41, 5.74) is 0.515. The van der Waals surface area contributed by atoms with Crippen LogP contribution in [0.2, 0.25) is 5.02 Å². The van der Waals surface area contributed by atoms with E-state index in [4.69, 9.17) is 11.6 Å². The van der Waals surface area contributed by atoms with Crippen molar-refractivity contribution in [2.45, 2.75) is 38.1 Å². The molecule has 0 bridgehead atoms. The van der Waals surface area contributed by atoms with E-state index in [-0.39, 0.29) is 11.4 Å². The zero-order chi connectivity index (χ0) is 14.8. The molecule has 0 saturated heterocycles. The van der Waals surface area contributed by atoms with Gasteiger partial charge in [0, 0.05) is 15.4 Å². The number of benzene rings is 1. The van der Waals surface area contributed by atoms with Crippen molar-refractivity contribution in [1.29, 1.82) is 0 Å². The fourth-order valence-corrected chi connectivity index (χ4v) is 4.02. The van der Waals surface area contributed by atoms with E-state index in [0.29, 0.717) is 16.5 Å². The molecule has 0 aromatic heterocycles. The molecule has 2 nitrogen and oxygen atoms in total. The van der Waals surface area contributed by atoms with Crippen molar-refractivity contribution in [2.24, 2.45) is 5.92 Å². The molecule has 0 radical (unpaired) electrons. The van der Waals surface area contributed by atoms with Crippen molar-refractivity contribution >= 4 is 49.4 Å². The molecular formula is C15H18Br2ClNO. The van der Waals surface area contributed by atoms with Crippen LogP contribution < -0.4 is 5.32 Å². The molecule has 1 aliphatic rings. The lowest BCUT2D eigenvalue weighted by molar-refractivity contribution is 0.0869. The molecule has 2 atom stereocenters. The minimum atomic E-state index is -0.124. The van der Waals surface area contributed by atoms with Crippen LogP contribution in [0.4, 0.5) is 0 Å². The van der Waals surface area contributed by atoms with Crippen LogP contribution in [0.25, 0.3) is 0 Å². The van der Waals surface area contributed by atoms with Gasteiger partial charge in [-0.2, -0.15) is 0 Å². The molecule has 1 amide bonds. The van der Waals surface area contributed by atoms with Gasteiger partial charge in [0.1, 0.15) is 0 Å². The van der Waals surface area contributed by atoms with E-state index in [2.05, 4.69) is 44.1 Å². The predicted molar refractivity (Wildman–Crippen MR) is 90.8 cm³/mol. The number of alkyl halides is 1. The minimum Gasteiger partial charge on any atom is -0.346 e. The first-order valence-corrected chi connectivity index (χ1v) is 9.08. The number of halogens is 3. The molecule has 20 heavy (non-hydrogen) atoms. The quantitative estimate of drug-likeness (QED) is 0.667. The zero-order valence-corrected chi connectivity index (χ0v) is 15.3. The summed E-state index contributed by atoms with van der Waals surface area (Å²) in [6.45, 7) is 2.25. The molecule has 1 aliphatic carbocycles. The molecule has 5 heteroatoms. The lowest BCUT2D eigenvalue weighted by Gasteiger charge is -2.39. The maximum Gasteiger partial charge on any atom is 0.251 e. The Morgan fingerprint density at radius 3 is 2.90 bits per heavy atom. The first kappa shape index (κ1) is 16.3. The smallest absolute Gasteiger partial charge is 0.251 e. The summed E-state index contributed by atoms with van der Waals surface area (Å²) in [5.74, 6) is 0.620. The van der Waals surface area contributed by atoms with Gasteiger partial charge in [-0.25, -0.2) is 0 Å².